The number of hydrogen-bond donors (Lipinski definition) is 2. The molecule has 2 heterocycles. The molecule has 0 bridgehead atoms. The molecule has 0 atom stereocenters. The van der Waals surface area contributed by atoms with Gasteiger partial charge in [0, 0.05) is 13.1 Å². The highest BCUT2D eigenvalue weighted by atomic mass is 16.3. The van der Waals surface area contributed by atoms with E-state index in [1.807, 2.05) is 0 Å². The SMILES string of the molecule is CC1(C)CCN2CC=C(O)NC2=N1. The fourth-order valence-electron chi connectivity index (χ4n) is 1.57. The van der Waals surface area contributed by atoms with E-state index in [2.05, 4.69) is 29.1 Å². The Morgan fingerprint density at radius 2 is 2.38 bits per heavy atom. The zero-order valence-corrected chi connectivity index (χ0v) is 8.04. The van der Waals surface area contributed by atoms with Gasteiger partial charge < -0.3 is 10.0 Å². The maximum atomic E-state index is 9.26. The van der Waals surface area contributed by atoms with E-state index < -0.39 is 0 Å². The summed E-state index contributed by atoms with van der Waals surface area (Å²) in [5.74, 6) is 1.02. The fraction of sp³-hybridized carbons (Fsp3) is 0.667. The third kappa shape index (κ3) is 1.61. The highest BCUT2D eigenvalue weighted by Gasteiger charge is 2.28. The first-order valence-electron chi connectivity index (χ1n) is 4.58. The van der Waals surface area contributed by atoms with Crippen LogP contribution in [0.1, 0.15) is 20.3 Å². The van der Waals surface area contributed by atoms with Crippen LogP contribution in [0.5, 0.6) is 0 Å². The smallest absolute Gasteiger partial charge is 0.201 e. The molecule has 2 aliphatic rings. The first-order valence-corrected chi connectivity index (χ1v) is 4.58. The maximum Gasteiger partial charge on any atom is 0.201 e. The highest BCUT2D eigenvalue weighted by molar-refractivity contribution is 5.83. The molecule has 0 aliphatic carbocycles. The Morgan fingerprint density at radius 3 is 3.15 bits per heavy atom. The van der Waals surface area contributed by atoms with Crippen molar-refractivity contribution in [3.63, 3.8) is 0 Å². The molecule has 0 unspecified atom stereocenters. The van der Waals surface area contributed by atoms with Crippen LogP contribution in [0.2, 0.25) is 0 Å². The third-order valence-electron chi connectivity index (χ3n) is 2.45. The van der Waals surface area contributed by atoms with Crippen molar-refractivity contribution in [1.82, 2.24) is 10.2 Å². The minimum atomic E-state index is -0.00352. The first kappa shape index (κ1) is 8.41. The van der Waals surface area contributed by atoms with Crippen LogP contribution in [-0.4, -0.2) is 34.6 Å². The number of aliphatic hydroxyl groups excluding tert-OH is 1. The Hall–Kier alpha value is -1.19. The summed E-state index contributed by atoms with van der Waals surface area (Å²) in [7, 11) is 0. The summed E-state index contributed by atoms with van der Waals surface area (Å²) in [6.45, 7) is 5.97. The van der Waals surface area contributed by atoms with Crippen molar-refractivity contribution in [3.8, 4) is 0 Å². The molecule has 2 rings (SSSR count). The fourth-order valence-corrected chi connectivity index (χ4v) is 1.57. The van der Waals surface area contributed by atoms with Crippen LogP contribution in [0.15, 0.2) is 17.0 Å². The van der Waals surface area contributed by atoms with Gasteiger partial charge in [-0.05, 0) is 26.3 Å². The van der Waals surface area contributed by atoms with Gasteiger partial charge in [0.15, 0.2) is 5.88 Å². The third-order valence-corrected chi connectivity index (χ3v) is 2.45. The summed E-state index contributed by atoms with van der Waals surface area (Å²) < 4.78 is 0. The van der Waals surface area contributed by atoms with Crippen LogP contribution >= 0.6 is 0 Å². The number of aliphatic hydroxyl groups is 1. The predicted molar refractivity (Wildman–Crippen MR) is 51.6 cm³/mol. The lowest BCUT2D eigenvalue weighted by Gasteiger charge is -2.37. The van der Waals surface area contributed by atoms with Gasteiger partial charge in [-0.15, -0.1) is 0 Å². The van der Waals surface area contributed by atoms with Crippen molar-refractivity contribution in [2.24, 2.45) is 4.99 Å². The summed E-state index contributed by atoms with van der Waals surface area (Å²) in [5.41, 5.74) is -0.00352. The molecule has 72 valence electrons. The average molecular weight is 181 g/mol. The minimum absolute atomic E-state index is 0.00352. The molecule has 0 saturated heterocycles. The normalized spacial score (nSPS) is 25.5. The summed E-state index contributed by atoms with van der Waals surface area (Å²) in [5, 5.41) is 12.1. The van der Waals surface area contributed by atoms with Crippen LogP contribution in [-0.2, 0) is 0 Å². The van der Waals surface area contributed by atoms with E-state index in [9.17, 15) is 5.11 Å². The number of nitrogens with zero attached hydrogens (tertiary/aromatic N) is 2. The summed E-state index contributed by atoms with van der Waals surface area (Å²) in [6.07, 6.45) is 2.82. The van der Waals surface area contributed by atoms with Gasteiger partial charge in [0.2, 0.25) is 5.96 Å². The molecule has 0 aromatic heterocycles. The molecular weight excluding hydrogens is 166 g/mol. The zero-order valence-electron chi connectivity index (χ0n) is 8.04. The summed E-state index contributed by atoms with van der Waals surface area (Å²) >= 11 is 0. The van der Waals surface area contributed by atoms with Gasteiger partial charge in [-0.3, -0.25) is 5.32 Å². The Bertz CT molecular complexity index is 281. The van der Waals surface area contributed by atoms with Crippen molar-refractivity contribution in [2.45, 2.75) is 25.8 Å². The standard InChI is InChI=1S/C9H15N3O/c1-9(2)4-6-12-5-3-7(13)10-8(12)11-9/h3,13H,4-6H2,1-2H3,(H,10,11). The minimum Gasteiger partial charge on any atom is -0.495 e. The first-order chi connectivity index (χ1) is 6.07. The van der Waals surface area contributed by atoms with Crippen LogP contribution in [0, 0.1) is 0 Å². The van der Waals surface area contributed by atoms with Crippen LogP contribution in [0.3, 0.4) is 0 Å². The lowest BCUT2D eigenvalue weighted by Crippen LogP contribution is -2.50. The van der Waals surface area contributed by atoms with E-state index in [4.69, 9.17) is 0 Å². The number of guanidine groups is 1. The number of fused-ring (bicyclic) bond motifs is 1. The van der Waals surface area contributed by atoms with Gasteiger partial charge in [0.1, 0.15) is 0 Å². The van der Waals surface area contributed by atoms with Gasteiger partial charge in [0.05, 0.1) is 5.54 Å². The van der Waals surface area contributed by atoms with Crippen molar-refractivity contribution in [3.05, 3.63) is 12.0 Å². The number of nitrogens with one attached hydrogen (secondary N) is 1. The average Bonchev–Trinajstić information content (AvgIpc) is 2.01. The second kappa shape index (κ2) is 2.65. The number of aliphatic imine (C=N–C) groups is 1. The van der Waals surface area contributed by atoms with Crippen molar-refractivity contribution in [2.75, 3.05) is 13.1 Å². The Morgan fingerprint density at radius 1 is 1.62 bits per heavy atom. The zero-order chi connectivity index (χ0) is 9.47. The predicted octanol–water partition coefficient (Wildman–Crippen LogP) is 0.829. The molecule has 0 aromatic carbocycles. The van der Waals surface area contributed by atoms with E-state index in [-0.39, 0.29) is 11.4 Å². The van der Waals surface area contributed by atoms with Crippen LogP contribution < -0.4 is 5.32 Å². The van der Waals surface area contributed by atoms with Gasteiger partial charge >= 0.3 is 0 Å². The summed E-state index contributed by atoms with van der Waals surface area (Å²) in [4.78, 5) is 6.65. The lowest BCUT2D eigenvalue weighted by molar-refractivity contribution is 0.295. The molecule has 0 radical (unpaired) electrons. The van der Waals surface area contributed by atoms with E-state index in [1.54, 1.807) is 6.08 Å². The van der Waals surface area contributed by atoms with Gasteiger partial charge in [0.25, 0.3) is 0 Å². The lowest BCUT2D eigenvalue weighted by atomic mass is 10.00. The molecule has 2 aliphatic heterocycles. The van der Waals surface area contributed by atoms with E-state index >= 15 is 0 Å². The van der Waals surface area contributed by atoms with E-state index in [0.717, 1.165) is 25.5 Å². The van der Waals surface area contributed by atoms with Gasteiger partial charge in [-0.1, -0.05) is 0 Å². The molecule has 2 N–H and O–H groups in total. The largest absolute Gasteiger partial charge is 0.495 e. The van der Waals surface area contributed by atoms with Gasteiger partial charge in [-0.2, -0.15) is 0 Å². The maximum absolute atomic E-state index is 9.26. The molecule has 4 nitrogen and oxygen atoms in total. The van der Waals surface area contributed by atoms with Gasteiger partial charge in [-0.25, -0.2) is 4.99 Å². The van der Waals surface area contributed by atoms with Crippen molar-refractivity contribution >= 4 is 5.96 Å². The summed E-state index contributed by atoms with van der Waals surface area (Å²) in [6, 6.07) is 0. The highest BCUT2D eigenvalue weighted by Crippen LogP contribution is 2.21. The topological polar surface area (TPSA) is 47.9 Å². The molecule has 0 spiro atoms. The monoisotopic (exact) mass is 181 g/mol. The van der Waals surface area contributed by atoms with E-state index in [1.165, 1.54) is 0 Å². The van der Waals surface area contributed by atoms with E-state index in [0.29, 0.717) is 0 Å². The Balaban J connectivity index is 2.24. The molecule has 0 saturated carbocycles. The van der Waals surface area contributed by atoms with Crippen molar-refractivity contribution in [1.29, 1.82) is 0 Å². The second-order valence-corrected chi connectivity index (χ2v) is 4.16. The molecule has 4 heteroatoms. The van der Waals surface area contributed by atoms with Crippen LogP contribution in [0.25, 0.3) is 0 Å². The molecule has 0 amide bonds. The van der Waals surface area contributed by atoms with Crippen LogP contribution in [0.4, 0.5) is 0 Å². The molecule has 13 heavy (non-hydrogen) atoms. The van der Waals surface area contributed by atoms with Crippen molar-refractivity contribution < 1.29 is 5.11 Å². The second-order valence-electron chi connectivity index (χ2n) is 4.16. The molecular formula is C9H15N3O. The number of rotatable bonds is 0. The molecule has 0 fully saturated rings. The Kier molecular flexibility index (Phi) is 1.71. The quantitative estimate of drug-likeness (QED) is 0.582. The molecule has 0 aromatic rings. The number of hydrogen-bond acceptors (Lipinski definition) is 4. The Labute approximate surface area is 78.0 Å².